The molecule has 1 N–H and O–H groups in total. The van der Waals surface area contributed by atoms with Crippen LogP contribution in [0, 0.1) is 6.92 Å². The van der Waals surface area contributed by atoms with Gasteiger partial charge < -0.3 is 9.84 Å². The molecule has 0 fully saturated rings. The second kappa shape index (κ2) is 5.85. The van der Waals surface area contributed by atoms with Gasteiger partial charge in [-0.05, 0) is 30.7 Å². The van der Waals surface area contributed by atoms with Crippen LogP contribution in [-0.4, -0.2) is 16.1 Å². The maximum absolute atomic E-state index is 10.9. The first-order valence-corrected chi connectivity index (χ1v) is 6.93. The first kappa shape index (κ1) is 14.1. The topological polar surface area (TPSA) is 59.4 Å². The summed E-state index contributed by atoms with van der Waals surface area (Å²) in [5, 5.41) is 9.74. The van der Waals surface area contributed by atoms with Crippen LogP contribution in [0.3, 0.4) is 0 Å². The highest BCUT2D eigenvalue weighted by Gasteiger charge is 2.05. The Kier molecular flexibility index (Phi) is 3.74. The lowest BCUT2D eigenvalue weighted by atomic mass is 10.1. The summed E-state index contributed by atoms with van der Waals surface area (Å²) in [7, 11) is 0. The number of nitrogens with zero attached hydrogens (tertiary/aromatic N) is 1. The average molecular weight is 293 g/mol. The van der Waals surface area contributed by atoms with Gasteiger partial charge in [0, 0.05) is 17.6 Å². The number of hydrogen-bond donors (Lipinski definition) is 1. The lowest BCUT2D eigenvalue weighted by Crippen LogP contribution is -1.98. The van der Waals surface area contributed by atoms with Crippen LogP contribution in [0.5, 0.6) is 5.75 Å². The van der Waals surface area contributed by atoms with Crippen molar-refractivity contribution in [3.63, 3.8) is 0 Å². The van der Waals surface area contributed by atoms with E-state index in [-0.39, 0.29) is 5.56 Å². The van der Waals surface area contributed by atoms with Gasteiger partial charge in [0.25, 0.3) is 0 Å². The van der Waals surface area contributed by atoms with E-state index in [2.05, 4.69) is 4.98 Å². The number of carboxylic acid groups (broad SMARTS) is 1. The Morgan fingerprint density at radius 1 is 1.14 bits per heavy atom. The molecule has 0 saturated carbocycles. The minimum atomic E-state index is -0.978. The van der Waals surface area contributed by atoms with E-state index in [1.54, 1.807) is 6.07 Å². The largest absolute Gasteiger partial charge is 0.489 e. The Morgan fingerprint density at radius 3 is 2.64 bits per heavy atom. The van der Waals surface area contributed by atoms with Crippen molar-refractivity contribution in [3.8, 4) is 5.75 Å². The molecule has 22 heavy (non-hydrogen) atoms. The SMILES string of the molecule is Cc1ccc(COc2ccc3cc(C(=O)O)cnc3c2)cc1. The van der Waals surface area contributed by atoms with Gasteiger partial charge in [-0.1, -0.05) is 29.8 Å². The summed E-state index contributed by atoms with van der Waals surface area (Å²) in [5.74, 6) is -0.266. The van der Waals surface area contributed by atoms with Gasteiger partial charge in [0.15, 0.2) is 0 Å². The van der Waals surface area contributed by atoms with Gasteiger partial charge in [0.05, 0.1) is 11.1 Å². The number of rotatable bonds is 4. The number of benzene rings is 2. The van der Waals surface area contributed by atoms with Crippen LogP contribution >= 0.6 is 0 Å². The summed E-state index contributed by atoms with van der Waals surface area (Å²) < 4.78 is 5.76. The molecule has 1 heterocycles. The maximum atomic E-state index is 10.9. The van der Waals surface area contributed by atoms with Gasteiger partial charge in [-0.25, -0.2) is 4.79 Å². The predicted octanol–water partition coefficient (Wildman–Crippen LogP) is 3.82. The van der Waals surface area contributed by atoms with E-state index < -0.39 is 5.97 Å². The Hall–Kier alpha value is -2.88. The molecular weight excluding hydrogens is 278 g/mol. The van der Waals surface area contributed by atoms with Crippen molar-refractivity contribution < 1.29 is 14.6 Å². The maximum Gasteiger partial charge on any atom is 0.337 e. The molecule has 0 bridgehead atoms. The smallest absolute Gasteiger partial charge is 0.337 e. The van der Waals surface area contributed by atoms with Gasteiger partial charge >= 0.3 is 5.97 Å². The number of carboxylic acids is 1. The fourth-order valence-corrected chi connectivity index (χ4v) is 2.16. The van der Waals surface area contributed by atoms with E-state index in [0.717, 1.165) is 10.9 Å². The monoisotopic (exact) mass is 293 g/mol. The normalized spacial score (nSPS) is 10.6. The summed E-state index contributed by atoms with van der Waals surface area (Å²) >= 11 is 0. The van der Waals surface area contributed by atoms with Crippen molar-refractivity contribution in [2.24, 2.45) is 0 Å². The van der Waals surface area contributed by atoms with E-state index in [0.29, 0.717) is 17.9 Å². The Bertz CT molecular complexity index is 825. The van der Waals surface area contributed by atoms with Crippen LogP contribution in [0.4, 0.5) is 0 Å². The molecule has 2 aromatic carbocycles. The number of aromatic carboxylic acids is 1. The van der Waals surface area contributed by atoms with Gasteiger partial charge in [0.2, 0.25) is 0 Å². The Morgan fingerprint density at radius 2 is 1.91 bits per heavy atom. The lowest BCUT2D eigenvalue weighted by Gasteiger charge is -2.08. The third-order valence-electron chi connectivity index (χ3n) is 3.43. The summed E-state index contributed by atoms with van der Waals surface area (Å²) in [4.78, 5) is 15.1. The van der Waals surface area contributed by atoms with Crippen molar-refractivity contribution in [1.29, 1.82) is 0 Å². The lowest BCUT2D eigenvalue weighted by molar-refractivity contribution is 0.0696. The molecule has 3 rings (SSSR count). The molecule has 0 aliphatic rings. The van der Waals surface area contributed by atoms with Crippen LogP contribution < -0.4 is 4.74 Å². The molecule has 0 unspecified atom stereocenters. The summed E-state index contributed by atoms with van der Waals surface area (Å²) in [6.07, 6.45) is 1.36. The molecule has 0 amide bonds. The van der Waals surface area contributed by atoms with Crippen molar-refractivity contribution >= 4 is 16.9 Å². The zero-order valence-corrected chi connectivity index (χ0v) is 12.1. The molecule has 0 spiro atoms. The molecule has 0 atom stereocenters. The standard InChI is InChI=1S/C18H15NO3/c1-12-2-4-13(5-3-12)11-22-16-7-6-14-8-15(18(20)21)10-19-17(14)9-16/h2-10H,11H2,1H3,(H,20,21). The molecule has 0 aliphatic heterocycles. The predicted molar refractivity (Wildman–Crippen MR) is 84.2 cm³/mol. The number of pyridine rings is 1. The zero-order chi connectivity index (χ0) is 15.5. The molecule has 4 nitrogen and oxygen atoms in total. The highest BCUT2D eigenvalue weighted by atomic mass is 16.5. The number of carbonyl (C=O) groups is 1. The van der Waals surface area contributed by atoms with Crippen molar-refractivity contribution in [2.75, 3.05) is 0 Å². The number of hydrogen-bond acceptors (Lipinski definition) is 3. The summed E-state index contributed by atoms with van der Waals surface area (Å²) in [5.41, 5.74) is 3.21. The van der Waals surface area contributed by atoms with E-state index in [4.69, 9.17) is 9.84 Å². The second-order valence-corrected chi connectivity index (χ2v) is 5.16. The van der Waals surface area contributed by atoms with Gasteiger partial charge in [0.1, 0.15) is 12.4 Å². The van der Waals surface area contributed by atoms with Crippen molar-refractivity contribution in [2.45, 2.75) is 13.5 Å². The molecule has 110 valence electrons. The second-order valence-electron chi connectivity index (χ2n) is 5.16. The number of aryl methyl sites for hydroxylation is 1. The van der Waals surface area contributed by atoms with Crippen LogP contribution in [0.1, 0.15) is 21.5 Å². The summed E-state index contributed by atoms with van der Waals surface area (Å²) in [6, 6.07) is 15.2. The molecule has 4 heteroatoms. The minimum absolute atomic E-state index is 0.181. The van der Waals surface area contributed by atoms with Crippen LogP contribution in [0.25, 0.3) is 10.9 Å². The number of ether oxygens (including phenoxy) is 1. The van der Waals surface area contributed by atoms with Crippen molar-refractivity contribution in [3.05, 3.63) is 71.4 Å². The number of fused-ring (bicyclic) bond motifs is 1. The Labute approximate surface area is 128 Å². The van der Waals surface area contributed by atoms with E-state index in [1.807, 2.05) is 49.4 Å². The third kappa shape index (κ3) is 3.06. The highest BCUT2D eigenvalue weighted by Crippen LogP contribution is 2.21. The Balaban J connectivity index is 1.78. The van der Waals surface area contributed by atoms with Gasteiger partial charge in [-0.2, -0.15) is 0 Å². The van der Waals surface area contributed by atoms with E-state index in [9.17, 15) is 4.79 Å². The molecule has 0 aliphatic carbocycles. The first-order valence-electron chi connectivity index (χ1n) is 6.93. The van der Waals surface area contributed by atoms with Crippen LogP contribution in [0.2, 0.25) is 0 Å². The van der Waals surface area contributed by atoms with Crippen LogP contribution in [-0.2, 0) is 6.61 Å². The minimum Gasteiger partial charge on any atom is -0.489 e. The molecule has 1 aromatic heterocycles. The van der Waals surface area contributed by atoms with E-state index in [1.165, 1.54) is 11.8 Å². The summed E-state index contributed by atoms with van der Waals surface area (Å²) in [6.45, 7) is 2.53. The van der Waals surface area contributed by atoms with Crippen LogP contribution in [0.15, 0.2) is 54.7 Å². The average Bonchev–Trinajstić information content (AvgIpc) is 2.53. The molecular formula is C18H15NO3. The van der Waals surface area contributed by atoms with Crippen molar-refractivity contribution in [1.82, 2.24) is 4.98 Å². The molecule has 0 saturated heterocycles. The molecule has 3 aromatic rings. The zero-order valence-electron chi connectivity index (χ0n) is 12.1. The first-order chi connectivity index (χ1) is 10.6. The fraction of sp³-hybridized carbons (Fsp3) is 0.111. The quantitative estimate of drug-likeness (QED) is 0.794. The van der Waals surface area contributed by atoms with E-state index >= 15 is 0 Å². The highest BCUT2D eigenvalue weighted by molar-refractivity contribution is 5.92. The number of aromatic nitrogens is 1. The van der Waals surface area contributed by atoms with Gasteiger partial charge in [-0.3, -0.25) is 4.98 Å². The fourth-order valence-electron chi connectivity index (χ4n) is 2.16. The third-order valence-corrected chi connectivity index (χ3v) is 3.43. The van der Waals surface area contributed by atoms with Gasteiger partial charge in [-0.15, -0.1) is 0 Å². The molecule has 0 radical (unpaired) electrons.